The van der Waals surface area contributed by atoms with Crippen molar-refractivity contribution < 1.29 is 4.79 Å². The van der Waals surface area contributed by atoms with Crippen molar-refractivity contribution in [3.05, 3.63) is 72.9 Å². The summed E-state index contributed by atoms with van der Waals surface area (Å²) in [5, 5.41) is 2.93. The van der Waals surface area contributed by atoms with Gasteiger partial charge in [0.15, 0.2) is 0 Å². The van der Waals surface area contributed by atoms with Crippen molar-refractivity contribution in [3.8, 4) is 11.3 Å². The predicted octanol–water partition coefficient (Wildman–Crippen LogP) is 2.26. The zero-order valence-corrected chi connectivity index (χ0v) is 12.0. The first-order valence-corrected chi connectivity index (χ1v) is 7.04. The average molecular weight is 292 g/mol. The molecular weight excluding hydrogens is 276 g/mol. The van der Waals surface area contributed by atoms with E-state index in [1.807, 2.05) is 53.4 Å². The maximum absolute atomic E-state index is 12.0. The molecule has 0 bridgehead atoms. The lowest BCUT2D eigenvalue weighted by molar-refractivity contribution is -0.121. The first-order chi connectivity index (χ1) is 10.8. The van der Waals surface area contributed by atoms with E-state index < -0.39 is 0 Å². The molecule has 3 heterocycles. The summed E-state index contributed by atoms with van der Waals surface area (Å²) in [6.07, 6.45) is 8.95. The van der Waals surface area contributed by atoms with Gasteiger partial charge in [-0.2, -0.15) is 0 Å². The molecule has 0 spiro atoms. The van der Waals surface area contributed by atoms with Crippen LogP contribution in [0.5, 0.6) is 0 Å². The molecule has 0 aromatic carbocycles. The molecule has 0 fully saturated rings. The number of carbonyl (C=O) groups excluding carboxylic acids is 1. The minimum Gasteiger partial charge on any atom is -0.350 e. The molecule has 3 aromatic heterocycles. The molecule has 0 aliphatic heterocycles. The van der Waals surface area contributed by atoms with Gasteiger partial charge in [-0.3, -0.25) is 14.8 Å². The summed E-state index contributed by atoms with van der Waals surface area (Å²) in [5.41, 5.74) is 2.84. The fourth-order valence-corrected chi connectivity index (χ4v) is 2.24. The number of nitrogens with zero attached hydrogens (tertiary/aromatic N) is 3. The summed E-state index contributed by atoms with van der Waals surface area (Å²) in [6.45, 7) is 0.767. The molecule has 5 nitrogen and oxygen atoms in total. The van der Waals surface area contributed by atoms with Gasteiger partial charge in [-0.05, 0) is 35.9 Å². The quantitative estimate of drug-likeness (QED) is 0.784. The average Bonchev–Trinajstić information content (AvgIpc) is 3.07. The third-order valence-corrected chi connectivity index (χ3v) is 3.31. The Morgan fingerprint density at radius 2 is 1.82 bits per heavy atom. The van der Waals surface area contributed by atoms with Crippen LogP contribution in [-0.4, -0.2) is 20.4 Å². The SMILES string of the molecule is O=C(Cn1cccc1)NCc1cccnc1-c1ccncc1. The number of carbonyl (C=O) groups is 1. The highest BCUT2D eigenvalue weighted by atomic mass is 16.1. The maximum atomic E-state index is 12.0. The number of rotatable bonds is 5. The number of pyridine rings is 2. The molecule has 0 saturated heterocycles. The van der Waals surface area contributed by atoms with Gasteiger partial charge in [0.25, 0.3) is 0 Å². The molecule has 3 rings (SSSR count). The number of aromatic nitrogens is 3. The van der Waals surface area contributed by atoms with Crippen molar-refractivity contribution in [1.29, 1.82) is 0 Å². The van der Waals surface area contributed by atoms with Gasteiger partial charge in [0.05, 0.1) is 5.69 Å². The molecule has 22 heavy (non-hydrogen) atoms. The van der Waals surface area contributed by atoms with Crippen LogP contribution in [-0.2, 0) is 17.9 Å². The van der Waals surface area contributed by atoms with E-state index in [0.717, 1.165) is 16.8 Å². The van der Waals surface area contributed by atoms with E-state index in [1.165, 1.54) is 0 Å². The molecule has 0 aliphatic rings. The summed E-state index contributed by atoms with van der Waals surface area (Å²) in [4.78, 5) is 20.4. The first-order valence-electron chi connectivity index (χ1n) is 7.04. The van der Waals surface area contributed by atoms with Crippen LogP contribution in [0.15, 0.2) is 67.4 Å². The monoisotopic (exact) mass is 292 g/mol. The Morgan fingerprint density at radius 1 is 1.05 bits per heavy atom. The molecule has 0 radical (unpaired) electrons. The van der Waals surface area contributed by atoms with Crippen molar-refractivity contribution >= 4 is 5.91 Å². The molecule has 0 saturated carbocycles. The van der Waals surface area contributed by atoms with Crippen LogP contribution in [0.3, 0.4) is 0 Å². The van der Waals surface area contributed by atoms with Gasteiger partial charge >= 0.3 is 0 Å². The van der Waals surface area contributed by atoms with Gasteiger partial charge in [-0.1, -0.05) is 6.07 Å². The fraction of sp³-hybridized carbons (Fsp3) is 0.118. The van der Waals surface area contributed by atoms with E-state index in [1.54, 1.807) is 18.6 Å². The van der Waals surface area contributed by atoms with Gasteiger partial charge in [0.2, 0.25) is 5.91 Å². The highest BCUT2D eigenvalue weighted by molar-refractivity contribution is 5.76. The molecule has 1 N–H and O–H groups in total. The molecule has 1 amide bonds. The lowest BCUT2D eigenvalue weighted by Gasteiger charge is -2.10. The van der Waals surface area contributed by atoms with E-state index >= 15 is 0 Å². The van der Waals surface area contributed by atoms with E-state index in [4.69, 9.17) is 0 Å². The second-order valence-corrected chi connectivity index (χ2v) is 4.88. The third-order valence-electron chi connectivity index (χ3n) is 3.31. The molecule has 3 aromatic rings. The standard InChI is InChI=1S/C17H16N4O/c22-16(13-21-10-1-2-11-21)20-12-15-4-3-7-19-17(15)14-5-8-18-9-6-14/h1-11H,12-13H2,(H,20,22). The largest absolute Gasteiger partial charge is 0.350 e. The Morgan fingerprint density at radius 3 is 2.59 bits per heavy atom. The van der Waals surface area contributed by atoms with Crippen LogP contribution in [0, 0.1) is 0 Å². The first kappa shape index (κ1) is 14.0. The van der Waals surface area contributed by atoms with Gasteiger partial charge in [0.1, 0.15) is 6.54 Å². The van der Waals surface area contributed by atoms with E-state index in [0.29, 0.717) is 13.1 Å². The highest BCUT2D eigenvalue weighted by Crippen LogP contribution is 2.19. The maximum Gasteiger partial charge on any atom is 0.240 e. The van der Waals surface area contributed by atoms with Crippen molar-refractivity contribution in [1.82, 2.24) is 19.9 Å². The summed E-state index contributed by atoms with van der Waals surface area (Å²) in [7, 11) is 0. The van der Waals surface area contributed by atoms with Gasteiger partial charge in [0, 0.05) is 43.1 Å². The zero-order valence-electron chi connectivity index (χ0n) is 12.0. The van der Waals surface area contributed by atoms with Crippen molar-refractivity contribution in [2.45, 2.75) is 13.1 Å². The fourth-order valence-electron chi connectivity index (χ4n) is 2.24. The van der Waals surface area contributed by atoms with Crippen molar-refractivity contribution in [3.63, 3.8) is 0 Å². The normalized spacial score (nSPS) is 10.4. The number of nitrogens with one attached hydrogen (secondary N) is 1. The third kappa shape index (κ3) is 3.38. The van der Waals surface area contributed by atoms with Gasteiger partial charge < -0.3 is 9.88 Å². The molecule has 0 atom stereocenters. The number of amides is 1. The summed E-state index contributed by atoms with van der Waals surface area (Å²) in [6, 6.07) is 11.5. The lowest BCUT2D eigenvalue weighted by atomic mass is 10.1. The second kappa shape index (κ2) is 6.67. The predicted molar refractivity (Wildman–Crippen MR) is 83.7 cm³/mol. The van der Waals surface area contributed by atoms with E-state index in [-0.39, 0.29) is 5.91 Å². The minimum atomic E-state index is -0.0271. The van der Waals surface area contributed by atoms with Crippen LogP contribution in [0.4, 0.5) is 0 Å². The van der Waals surface area contributed by atoms with Crippen LogP contribution in [0.1, 0.15) is 5.56 Å². The summed E-state index contributed by atoms with van der Waals surface area (Å²) >= 11 is 0. The van der Waals surface area contributed by atoms with Gasteiger partial charge in [-0.15, -0.1) is 0 Å². The lowest BCUT2D eigenvalue weighted by Crippen LogP contribution is -2.26. The molecule has 0 aliphatic carbocycles. The van der Waals surface area contributed by atoms with Crippen LogP contribution in [0.2, 0.25) is 0 Å². The molecular formula is C17H16N4O. The van der Waals surface area contributed by atoms with Crippen LogP contribution >= 0.6 is 0 Å². The minimum absolute atomic E-state index is 0.0271. The molecule has 0 unspecified atom stereocenters. The van der Waals surface area contributed by atoms with Crippen LogP contribution in [0.25, 0.3) is 11.3 Å². The van der Waals surface area contributed by atoms with Crippen LogP contribution < -0.4 is 5.32 Å². The van der Waals surface area contributed by atoms with E-state index in [9.17, 15) is 4.79 Å². The number of hydrogen-bond donors (Lipinski definition) is 1. The van der Waals surface area contributed by atoms with Gasteiger partial charge in [-0.25, -0.2) is 0 Å². The van der Waals surface area contributed by atoms with Crippen molar-refractivity contribution in [2.24, 2.45) is 0 Å². The molecule has 110 valence electrons. The summed E-state index contributed by atoms with van der Waals surface area (Å²) in [5.74, 6) is -0.0271. The van der Waals surface area contributed by atoms with E-state index in [2.05, 4.69) is 15.3 Å². The Kier molecular flexibility index (Phi) is 4.25. The number of hydrogen-bond acceptors (Lipinski definition) is 3. The topological polar surface area (TPSA) is 59.8 Å². The zero-order chi connectivity index (χ0) is 15.2. The Hall–Kier alpha value is -2.95. The Balaban J connectivity index is 1.69. The second-order valence-electron chi connectivity index (χ2n) is 4.88. The highest BCUT2D eigenvalue weighted by Gasteiger charge is 2.08. The van der Waals surface area contributed by atoms with Crippen molar-refractivity contribution in [2.75, 3.05) is 0 Å². The molecule has 5 heteroatoms. The Labute approximate surface area is 128 Å². The Bertz CT molecular complexity index is 738. The summed E-state index contributed by atoms with van der Waals surface area (Å²) < 4.78 is 1.84. The smallest absolute Gasteiger partial charge is 0.240 e.